The largest absolute Gasteiger partial charge is 0.493 e. The maximum absolute atomic E-state index is 7.57. The molecule has 6 aliphatic carbocycles. The van der Waals surface area contributed by atoms with Crippen LogP contribution >= 0.6 is 14.5 Å². The number of hydrogen-bond donors (Lipinski definition) is 0. The number of fused-ring (bicyclic) bond motifs is 4. The Labute approximate surface area is 408 Å². The highest BCUT2D eigenvalue weighted by Crippen LogP contribution is 2.65. The third-order valence-electron chi connectivity index (χ3n) is 18.1. The lowest BCUT2D eigenvalue weighted by Crippen LogP contribution is -2.53. The predicted octanol–water partition coefficient (Wildman–Crippen LogP) is 13.6. The van der Waals surface area contributed by atoms with Crippen LogP contribution in [0.15, 0.2) is 194 Å². The van der Waals surface area contributed by atoms with Crippen LogP contribution in [0, 0.1) is 46.3 Å². The van der Waals surface area contributed by atoms with Crippen LogP contribution in [0.5, 0.6) is 11.5 Å². The van der Waals surface area contributed by atoms with Gasteiger partial charge in [-0.05, 0) is 170 Å². The van der Waals surface area contributed by atoms with E-state index < -0.39 is 14.5 Å². The van der Waals surface area contributed by atoms with E-state index in [4.69, 9.17) is 9.47 Å². The van der Waals surface area contributed by atoms with Gasteiger partial charge in [0.05, 0.1) is 13.2 Å². The van der Waals surface area contributed by atoms with Crippen LogP contribution in [-0.4, -0.2) is 13.2 Å². The third kappa shape index (κ3) is 8.07. The van der Waals surface area contributed by atoms with Gasteiger partial charge in [0.25, 0.3) is 0 Å². The second-order valence-electron chi connectivity index (χ2n) is 22.0. The Morgan fingerprint density at radius 2 is 0.647 bits per heavy atom. The maximum Gasteiger partial charge on any atom is 0.126 e. The van der Waals surface area contributed by atoms with Crippen molar-refractivity contribution in [1.29, 1.82) is 0 Å². The van der Waals surface area contributed by atoms with Gasteiger partial charge in [-0.15, -0.1) is 0 Å². The fourth-order valence-corrected chi connectivity index (χ4v) is 22.4. The highest BCUT2D eigenvalue weighted by atomic mass is 31.2. The van der Waals surface area contributed by atoms with Crippen molar-refractivity contribution in [3.05, 3.63) is 205 Å². The quantitative estimate of drug-likeness (QED) is 0.0899. The first-order valence-corrected chi connectivity index (χ1v) is 29.6. The van der Waals surface area contributed by atoms with Crippen molar-refractivity contribution in [2.45, 2.75) is 78.5 Å². The minimum Gasteiger partial charge on any atom is -0.493 e. The molecule has 0 saturated heterocycles. The first-order valence-electron chi connectivity index (χ1n) is 25.7. The van der Waals surface area contributed by atoms with E-state index in [9.17, 15) is 0 Å². The average Bonchev–Trinajstić information content (AvgIpc) is 3.40. The van der Waals surface area contributed by atoms with E-state index in [1.807, 2.05) is 0 Å². The summed E-state index contributed by atoms with van der Waals surface area (Å²) in [5, 5.41) is 8.31. The standard InChI is InChI=1S/C64H70O2P2/c1-63(2)51-37-35-47(59(63)41-51)43-65-61-39-50(46-68(56-29-17-8-18-30-56,57-31-19-9-20-32-57)58-33-21-10-22-34-58)62(66-44-48-36-38-52-42-60(48)64(52,3)4)40-49(61)45-67(53-23-11-5-12-24-53,54-25-13-6-14-26-54)55-27-15-7-16-28-55/h5-34,39-40,47-48,51-52,59-60H,35-38,41-46H2,1-4H3/q+2. The zero-order valence-corrected chi connectivity index (χ0v) is 42.5. The smallest absolute Gasteiger partial charge is 0.126 e. The molecule has 0 aliphatic heterocycles. The zero-order chi connectivity index (χ0) is 46.4. The molecule has 6 unspecified atom stereocenters. The van der Waals surface area contributed by atoms with Gasteiger partial charge >= 0.3 is 0 Å². The molecule has 6 fully saturated rings. The Morgan fingerprint density at radius 1 is 0.382 bits per heavy atom. The van der Waals surface area contributed by atoms with Gasteiger partial charge in [0.15, 0.2) is 0 Å². The summed E-state index contributed by atoms with van der Waals surface area (Å²) in [5.41, 5.74) is 3.27. The summed E-state index contributed by atoms with van der Waals surface area (Å²) in [6, 6.07) is 73.4. The van der Waals surface area contributed by atoms with Gasteiger partial charge in [-0.1, -0.05) is 137 Å². The second-order valence-corrected chi connectivity index (χ2v) is 29.0. The van der Waals surface area contributed by atoms with E-state index in [1.54, 1.807) is 0 Å². The molecule has 0 amide bonds. The Balaban J connectivity index is 1.12. The molecule has 4 heteroatoms. The van der Waals surface area contributed by atoms with Crippen LogP contribution in [0.2, 0.25) is 0 Å². The highest BCUT2D eigenvalue weighted by Gasteiger charge is 2.56. The van der Waals surface area contributed by atoms with Gasteiger partial charge in [-0.2, -0.15) is 0 Å². The monoisotopic (exact) mass is 932 g/mol. The van der Waals surface area contributed by atoms with Crippen molar-refractivity contribution < 1.29 is 9.47 Å². The van der Waals surface area contributed by atoms with Gasteiger partial charge in [0, 0.05) is 11.1 Å². The van der Waals surface area contributed by atoms with E-state index in [1.165, 1.54) is 81.5 Å². The molecule has 6 saturated carbocycles. The fraction of sp³-hybridized carbons (Fsp3) is 0.344. The normalized spacial score (nSPS) is 23.4. The molecular weight excluding hydrogens is 863 g/mol. The van der Waals surface area contributed by atoms with Gasteiger partial charge in [-0.3, -0.25) is 0 Å². The van der Waals surface area contributed by atoms with Crippen LogP contribution in [0.4, 0.5) is 0 Å². The second kappa shape index (κ2) is 18.7. The van der Waals surface area contributed by atoms with E-state index >= 15 is 0 Å². The number of hydrogen-bond acceptors (Lipinski definition) is 2. The average molecular weight is 933 g/mol. The Kier molecular flexibility index (Phi) is 12.5. The maximum atomic E-state index is 7.57. The molecular formula is C64H70O2P2+2. The van der Waals surface area contributed by atoms with Crippen molar-refractivity contribution in [2.75, 3.05) is 13.2 Å². The summed E-state index contributed by atoms with van der Waals surface area (Å²) in [7, 11) is -4.59. The van der Waals surface area contributed by atoms with Gasteiger partial charge in [0.2, 0.25) is 0 Å². The van der Waals surface area contributed by atoms with E-state index in [-0.39, 0.29) is 0 Å². The van der Waals surface area contributed by atoms with Crippen molar-refractivity contribution in [2.24, 2.45) is 46.3 Å². The first-order chi connectivity index (χ1) is 33.2. The summed E-state index contributed by atoms with van der Waals surface area (Å²) in [4.78, 5) is 0. The number of rotatable bonds is 16. The van der Waals surface area contributed by atoms with E-state index in [0.717, 1.165) is 48.9 Å². The van der Waals surface area contributed by atoms with Crippen LogP contribution in [0.1, 0.15) is 77.3 Å². The molecule has 7 aromatic carbocycles. The predicted molar refractivity (Wildman–Crippen MR) is 291 cm³/mol. The summed E-state index contributed by atoms with van der Waals surface area (Å²) in [5.74, 6) is 6.27. The van der Waals surface area contributed by atoms with E-state index in [2.05, 4.69) is 222 Å². The van der Waals surface area contributed by atoms with Crippen molar-refractivity contribution in [3.8, 4) is 11.5 Å². The van der Waals surface area contributed by atoms with Crippen LogP contribution in [0.3, 0.4) is 0 Å². The van der Waals surface area contributed by atoms with Gasteiger partial charge in [-0.25, -0.2) is 0 Å². The molecule has 68 heavy (non-hydrogen) atoms. The molecule has 0 aromatic heterocycles. The molecule has 6 atom stereocenters. The molecule has 13 rings (SSSR count). The zero-order valence-electron chi connectivity index (χ0n) is 40.7. The lowest BCUT2D eigenvalue weighted by atomic mass is 9.46. The minimum atomic E-state index is -2.30. The topological polar surface area (TPSA) is 18.5 Å². The Morgan fingerprint density at radius 3 is 0.882 bits per heavy atom. The summed E-state index contributed by atoms with van der Waals surface area (Å²) < 4.78 is 15.1. The van der Waals surface area contributed by atoms with Crippen molar-refractivity contribution >= 4 is 46.4 Å². The first kappa shape index (κ1) is 45.4. The van der Waals surface area contributed by atoms with Crippen LogP contribution in [0.25, 0.3) is 0 Å². The molecule has 7 aromatic rings. The molecule has 346 valence electrons. The number of benzene rings is 7. The number of ether oxygens (including phenoxy) is 2. The molecule has 4 bridgehead atoms. The van der Waals surface area contributed by atoms with Crippen molar-refractivity contribution in [3.63, 3.8) is 0 Å². The van der Waals surface area contributed by atoms with Gasteiger partial charge < -0.3 is 9.47 Å². The summed E-state index contributed by atoms with van der Waals surface area (Å²) in [6.45, 7) is 11.6. The molecule has 2 nitrogen and oxygen atoms in total. The molecule has 6 aliphatic rings. The highest BCUT2D eigenvalue weighted by molar-refractivity contribution is 7.95. The molecule has 0 spiro atoms. The van der Waals surface area contributed by atoms with Gasteiger partial charge in [0.1, 0.15) is 70.2 Å². The molecule has 0 heterocycles. The third-order valence-corrected chi connectivity index (χ3v) is 26.9. The summed E-state index contributed by atoms with van der Waals surface area (Å²) in [6.07, 6.45) is 9.47. The lowest BCUT2D eigenvalue weighted by Gasteiger charge is -2.60. The Hall–Kier alpha value is -5.00. The summed E-state index contributed by atoms with van der Waals surface area (Å²) >= 11 is 0. The van der Waals surface area contributed by atoms with Crippen LogP contribution < -0.4 is 41.3 Å². The SMILES string of the molecule is CC1(C)C2CCC(COc3cc(C[P+](c4ccccc4)(c4ccccc4)c4ccccc4)c(OCC4CCC5CC4C5(C)C)cc3C[P+](c3ccccc3)(c3ccccc3)c3ccccc3)C1C2. The van der Waals surface area contributed by atoms with Crippen molar-refractivity contribution in [1.82, 2.24) is 0 Å². The van der Waals surface area contributed by atoms with Crippen LogP contribution in [-0.2, 0) is 12.3 Å². The minimum absolute atomic E-state index is 0.381. The molecule has 0 radical (unpaired) electrons. The fourth-order valence-electron chi connectivity index (χ4n) is 13.9. The lowest BCUT2D eigenvalue weighted by molar-refractivity contribution is -0.114. The Bertz CT molecular complexity index is 2380. The van der Waals surface area contributed by atoms with E-state index in [0.29, 0.717) is 34.5 Å². The molecule has 0 N–H and O–H groups in total.